The molecule has 158 valence electrons. The number of ether oxygens (including phenoxy) is 1. The lowest BCUT2D eigenvalue weighted by Gasteiger charge is -2.32. The lowest BCUT2D eigenvalue weighted by atomic mass is 9.70. The summed E-state index contributed by atoms with van der Waals surface area (Å²) in [6, 6.07) is -0.650. The summed E-state index contributed by atoms with van der Waals surface area (Å²) < 4.78 is 5.23. The molecule has 7 nitrogen and oxygen atoms in total. The van der Waals surface area contributed by atoms with Crippen LogP contribution in [-0.2, 0) is 19.1 Å². The van der Waals surface area contributed by atoms with E-state index in [0.29, 0.717) is 13.0 Å². The zero-order chi connectivity index (χ0) is 20.8. The molecule has 2 rings (SSSR count). The Kier molecular flexibility index (Phi) is 8.04. The first-order chi connectivity index (χ1) is 13.4. The van der Waals surface area contributed by atoms with Crippen molar-refractivity contribution in [2.45, 2.75) is 59.0 Å². The minimum atomic E-state index is -0.663. The number of esters is 1. The molecule has 0 bridgehead atoms. The van der Waals surface area contributed by atoms with Gasteiger partial charge in [-0.05, 0) is 32.6 Å². The van der Waals surface area contributed by atoms with E-state index in [9.17, 15) is 19.5 Å². The van der Waals surface area contributed by atoms with Gasteiger partial charge in [-0.15, -0.1) is 0 Å². The summed E-state index contributed by atoms with van der Waals surface area (Å²) in [5, 5.41) is 12.3. The van der Waals surface area contributed by atoms with Crippen LogP contribution in [0.2, 0.25) is 0 Å². The second kappa shape index (κ2) is 10.0. The van der Waals surface area contributed by atoms with Crippen LogP contribution in [0.5, 0.6) is 0 Å². The molecule has 1 heterocycles. The van der Waals surface area contributed by atoms with Crippen molar-refractivity contribution in [3.63, 3.8) is 0 Å². The Morgan fingerprint density at radius 1 is 1.32 bits per heavy atom. The van der Waals surface area contributed by atoms with Crippen LogP contribution in [0.4, 0.5) is 0 Å². The van der Waals surface area contributed by atoms with Crippen molar-refractivity contribution in [1.29, 1.82) is 0 Å². The average Bonchev–Trinajstić information content (AvgIpc) is 2.92. The molecule has 0 aromatic heterocycles. The fourth-order valence-electron chi connectivity index (χ4n) is 4.51. The summed E-state index contributed by atoms with van der Waals surface area (Å²) in [4.78, 5) is 40.5. The Morgan fingerprint density at radius 3 is 2.64 bits per heavy atom. The van der Waals surface area contributed by atoms with Crippen molar-refractivity contribution in [3.8, 4) is 0 Å². The molecule has 0 aromatic rings. The zero-order valence-electron chi connectivity index (χ0n) is 17.4. The first-order valence-electron chi connectivity index (χ1n) is 10.4. The van der Waals surface area contributed by atoms with Crippen LogP contribution >= 0.6 is 0 Å². The molecule has 1 saturated heterocycles. The number of rotatable bonds is 9. The third-order valence-corrected chi connectivity index (χ3v) is 5.77. The van der Waals surface area contributed by atoms with E-state index < -0.39 is 17.9 Å². The van der Waals surface area contributed by atoms with Crippen LogP contribution in [0.1, 0.15) is 47.0 Å². The van der Waals surface area contributed by atoms with E-state index in [-0.39, 0.29) is 48.9 Å². The van der Waals surface area contributed by atoms with Gasteiger partial charge in [0.2, 0.25) is 11.8 Å². The highest BCUT2D eigenvalue weighted by atomic mass is 16.5. The maximum absolute atomic E-state index is 13.3. The molecule has 7 heteroatoms. The highest BCUT2D eigenvalue weighted by Crippen LogP contribution is 2.44. The second-order valence-corrected chi connectivity index (χ2v) is 7.88. The number of aliphatic hydroxyl groups is 1. The number of aliphatic hydroxyl groups excluding tert-OH is 1. The van der Waals surface area contributed by atoms with Crippen LogP contribution in [0.25, 0.3) is 0 Å². The maximum Gasteiger partial charge on any atom is 0.310 e. The molecule has 2 N–H and O–H groups in total. The fourth-order valence-corrected chi connectivity index (χ4v) is 4.51. The summed E-state index contributed by atoms with van der Waals surface area (Å²) in [5.74, 6) is -2.47. The van der Waals surface area contributed by atoms with E-state index in [1.165, 1.54) is 0 Å². The molecule has 0 radical (unpaired) electrons. The maximum atomic E-state index is 13.3. The quantitative estimate of drug-likeness (QED) is 0.456. The molecule has 1 unspecified atom stereocenters. The first kappa shape index (κ1) is 22.4. The Balaban J connectivity index is 2.34. The number of nitrogens with one attached hydrogen (secondary N) is 1. The van der Waals surface area contributed by atoms with Gasteiger partial charge in [-0.25, -0.2) is 0 Å². The van der Waals surface area contributed by atoms with E-state index >= 15 is 0 Å². The van der Waals surface area contributed by atoms with Gasteiger partial charge in [0.05, 0.1) is 18.4 Å². The van der Waals surface area contributed by atoms with Gasteiger partial charge in [-0.3, -0.25) is 14.4 Å². The van der Waals surface area contributed by atoms with Gasteiger partial charge in [0.15, 0.2) is 0 Å². The van der Waals surface area contributed by atoms with Gasteiger partial charge in [0.25, 0.3) is 0 Å². The zero-order valence-corrected chi connectivity index (χ0v) is 17.4. The van der Waals surface area contributed by atoms with Crippen molar-refractivity contribution in [2.75, 3.05) is 19.8 Å². The van der Waals surface area contributed by atoms with E-state index in [4.69, 9.17) is 4.74 Å². The smallest absolute Gasteiger partial charge is 0.310 e. The summed E-state index contributed by atoms with van der Waals surface area (Å²) in [5.41, 5.74) is 0. The molecule has 1 aliphatic carbocycles. The van der Waals surface area contributed by atoms with Crippen LogP contribution in [-0.4, -0.2) is 59.6 Å². The number of carbonyl (C=O) groups excluding carboxylic acids is 3. The fraction of sp³-hybridized carbons (Fsp3) is 0.762. The molecule has 28 heavy (non-hydrogen) atoms. The Morgan fingerprint density at radius 2 is 2.04 bits per heavy atom. The Labute approximate surface area is 167 Å². The van der Waals surface area contributed by atoms with Gasteiger partial charge in [-0.1, -0.05) is 32.4 Å². The molecule has 2 aliphatic rings. The van der Waals surface area contributed by atoms with E-state index in [0.717, 1.165) is 12.8 Å². The third kappa shape index (κ3) is 4.57. The molecule has 1 aliphatic heterocycles. The average molecular weight is 395 g/mol. The van der Waals surface area contributed by atoms with E-state index in [1.807, 2.05) is 26.0 Å². The van der Waals surface area contributed by atoms with E-state index in [1.54, 1.807) is 11.8 Å². The van der Waals surface area contributed by atoms with Gasteiger partial charge < -0.3 is 20.1 Å². The molecule has 0 spiro atoms. The Hall–Kier alpha value is -1.89. The second-order valence-electron chi connectivity index (χ2n) is 7.88. The largest absolute Gasteiger partial charge is 0.466 e. The molecular weight excluding hydrogens is 360 g/mol. The normalized spacial score (nSPS) is 30.1. The van der Waals surface area contributed by atoms with Crippen LogP contribution < -0.4 is 5.32 Å². The van der Waals surface area contributed by atoms with Gasteiger partial charge in [-0.2, -0.15) is 0 Å². The van der Waals surface area contributed by atoms with Crippen LogP contribution in [0, 0.1) is 23.7 Å². The topological polar surface area (TPSA) is 95.9 Å². The number of hydrogen-bond donors (Lipinski definition) is 2. The van der Waals surface area contributed by atoms with Crippen LogP contribution in [0.3, 0.4) is 0 Å². The number of carbonyl (C=O) groups is 3. The van der Waals surface area contributed by atoms with Crippen molar-refractivity contribution < 1.29 is 24.2 Å². The highest BCUT2D eigenvalue weighted by Gasteiger charge is 2.56. The SMILES string of the molecule is CCCC(C)NC(=O)[C@@H]1[C@H]2C=C[C@@H](C)[C@@H](C(=O)OCC)[C@H]2C(=O)N1CCCO. The van der Waals surface area contributed by atoms with Crippen molar-refractivity contribution in [2.24, 2.45) is 23.7 Å². The minimum absolute atomic E-state index is 0.0127. The summed E-state index contributed by atoms with van der Waals surface area (Å²) in [6.45, 7) is 8.14. The van der Waals surface area contributed by atoms with Gasteiger partial charge in [0.1, 0.15) is 6.04 Å². The minimum Gasteiger partial charge on any atom is -0.466 e. The summed E-state index contributed by atoms with van der Waals surface area (Å²) in [7, 11) is 0. The summed E-state index contributed by atoms with van der Waals surface area (Å²) in [6.07, 6.45) is 6.03. The van der Waals surface area contributed by atoms with Crippen molar-refractivity contribution in [3.05, 3.63) is 12.2 Å². The molecule has 0 aromatic carbocycles. The number of hydrogen-bond acceptors (Lipinski definition) is 5. The number of likely N-dealkylation sites (tertiary alicyclic amines) is 1. The third-order valence-electron chi connectivity index (χ3n) is 5.77. The molecule has 1 fully saturated rings. The van der Waals surface area contributed by atoms with Crippen molar-refractivity contribution >= 4 is 17.8 Å². The molecule has 6 atom stereocenters. The lowest BCUT2D eigenvalue weighted by Crippen LogP contribution is -2.49. The first-order valence-corrected chi connectivity index (χ1v) is 10.4. The standard InChI is InChI=1S/C21H34N2O5/c1-5-8-14(4)22-19(25)18-15-10-9-13(3)16(21(27)28-6-2)17(15)20(26)23(18)11-7-12-24/h9-10,13-18,24H,5-8,11-12H2,1-4H3,(H,22,25)/t13-,14?,15+,16-,17+,18+/m1/s1. The predicted molar refractivity (Wildman–Crippen MR) is 105 cm³/mol. The number of amides is 2. The predicted octanol–water partition coefficient (Wildman–Crippen LogP) is 1.50. The molecular formula is C21H34N2O5. The monoisotopic (exact) mass is 394 g/mol. The molecule has 2 amide bonds. The van der Waals surface area contributed by atoms with Gasteiger partial charge in [0, 0.05) is 25.1 Å². The Bertz CT molecular complexity index is 606. The van der Waals surface area contributed by atoms with Crippen LogP contribution in [0.15, 0.2) is 12.2 Å². The number of allylic oxidation sites excluding steroid dienone is 1. The number of nitrogens with zero attached hydrogens (tertiary/aromatic N) is 1. The number of fused-ring (bicyclic) bond motifs is 1. The summed E-state index contributed by atoms with van der Waals surface area (Å²) >= 11 is 0. The highest BCUT2D eigenvalue weighted by molar-refractivity contribution is 5.96. The van der Waals surface area contributed by atoms with Gasteiger partial charge >= 0.3 is 5.97 Å². The molecule has 0 saturated carbocycles. The van der Waals surface area contributed by atoms with Crippen molar-refractivity contribution in [1.82, 2.24) is 10.2 Å². The van der Waals surface area contributed by atoms with E-state index in [2.05, 4.69) is 12.2 Å². The lowest BCUT2D eigenvalue weighted by molar-refractivity contribution is -0.155.